The molecule has 0 spiro atoms. The number of hydrogen-bond acceptors (Lipinski definition) is 11. The summed E-state index contributed by atoms with van der Waals surface area (Å²) in [7, 11) is -4.16. The Labute approximate surface area is 388 Å². The summed E-state index contributed by atoms with van der Waals surface area (Å²) < 4.78 is 42.6. The number of anilines is 2. The summed E-state index contributed by atoms with van der Waals surface area (Å²) >= 11 is 12.8. The lowest BCUT2D eigenvalue weighted by Crippen LogP contribution is -2.29. The predicted molar refractivity (Wildman–Crippen MR) is 252 cm³/mol. The zero-order chi connectivity index (χ0) is 46.6. The van der Waals surface area contributed by atoms with E-state index in [1.54, 1.807) is 78.9 Å². The van der Waals surface area contributed by atoms with Gasteiger partial charge in [-0.1, -0.05) is 24.3 Å². The van der Waals surface area contributed by atoms with Gasteiger partial charge in [0.15, 0.2) is 11.5 Å². The third-order valence-corrected chi connectivity index (χ3v) is 14.2. The van der Waals surface area contributed by atoms with E-state index in [0.717, 1.165) is 11.6 Å². The average molecular weight is 957 g/mol. The number of sulfonamides is 1. The molecule has 0 aliphatic carbocycles. The monoisotopic (exact) mass is 955 g/mol. The molecule has 2 aliphatic rings. The van der Waals surface area contributed by atoms with Crippen molar-refractivity contribution in [2.75, 3.05) is 34.6 Å². The van der Waals surface area contributed by atoms with Crippen molar-refractivity contribution in [2.24, 2.45) is 5.14 Å². The molecule has 19 heteroatoms. The van der Waals surface area contributed by atoms with Crippen LogP contribution in [0.3, 0.4) is 0 Å². The maximum atomic E-state index is 14.2. The Balaban J connectivity index is 0.862. The molecule has 2 unspecified atom stereocenters. The molecule has 0 saturated heterocycles. The van der Waals surface area contributed by atoms with Crippen molar-refractivity contribution < 1.29 is 41.1 Å². The highest BCUT2D eigenvalue weighted by molar-refractivity contribution is 7.89. The van der Waals surface area contributed by atoms with E-state index >= 15 is 0 Å². The van der Waals surface area contributed by atoms with Gasteiger partial charge in [0.05, 0.1) is 36.9 Å². The summed E-state index contributed by atoms with van der Waals surface area (Å²) in [6.45, 7) is 0.321. The van der Waals surface area contributed by atoms with Crippen molar-refractivity contribution in [2.45, 2.75) is 16.7 Å². The minimum absolute atomic E-state index is 0.0188. The number of non-ortho nitro benzene ring substituents is 2. The van der Waals surface area contributed by atoms with Crippen molar-refractivity contribution in [3.05, 3.63) is 158 Å². The van der Waals surface area contributed by atoms with Gasteiger partial charge in [-0.2, -0.15) is 0 Å². The van der Waals surface area contributed by atoms with Crippen molar-refractivity contribution >= 4 is 111 Å². The van der Waals surface area contributed by atoms with Gasteiger partial charge in [-0.3, -0.25) is 29.8 Å². The van der Waals surface area contributed by atoms with E-state index in [0.29, 0.717) is 72.0 Å². The number of alkyl halides is 2. The van der Waals surface area contributed by atoms with Crippen LogP contribution in [0.15, 0.2) is 133 Å². The SMILES string of the molecule is NS(=O)(=O)c1ccc2c3c(cc([N+](=O)[O-])c2c1)N(C(=O)c1cc2cc(-c4ccc(-c5ccc6oc(C(=O)N7CC(CCl)c8c7cc([N+](=O)[O-])c7ccccc87)cc6c5)o4)ccc2o1)CC3CCl. The highest BCUT2D eigenvalue weighted by Crippen LogP contribution is 2.48. The van der Waals surface area contributed by atoms with Gasteiger partial charge in [-0.05, 0) is 101 Å². The molecule has 0 radical (unpaired) electrons. The fourth-order valence-corrected chi connectivity index (χ4v) is 10.6. The van der Waals surface area contributed by atoms with Crippen LogP contribution >= 0.6 is 23.2 Å². The van der Waals surface area contributed by atoms with E-state index in [1.165, 1.54) is 34.1 Å². The van der Waals surface area contributed by atoms with Crippen LogP contribution < -0.4 is 14.9 Å². The summed E-state index contributed by atoms with van der Waals surface area (Å²) in [6.07, 6.45) is 0. The molecule has 2 amide bonds. The van der Waals surface area contributed by atoms with E-state index in [1.807, 2.05) is 6.07 Å². The third kappa shape index (κ3) is 6.80. The minimum atomic E-state index is -4.16. The van der Waals surface area contributed by atoms with Crippen LogP contribution in [0.1, 0.15) is 44.1 Å². The predicted octanol–water partition coefficient (Wildman–Crippen LogP) is 10.8. The lowest BCUT2D eigenvalue weighted by molar-refractivity contribution is -0.383. The van der Waals surface area contributed by atoms with Crippen LogP contribution in [0.25, 0.3) is 66.1 Å². The highest BCUT2D eigenvalue weighted by atomic mass is 35.5. The number of halogens is 2. The smallest absolute Gasteiger partial charge is 0.294 e. The molecule has 334 valence electrons. The van der Waals surface area contributed by atoms with E-state index < -0.39 is 43.3 Å². The number of nitro benzene ring substituents is 2. The van der Waals surface area contributed by atoms with Gasteiger partial charge in [0.2, 0.25) is 10.0 Å². The lowest BCUT2D eigenvalue weighted by Gasteiger charge is -2.16. The van der Waals surface area contributed by atoms with E-state index in [4.69, 9.17) is 41.6 Å². The fourth-order valence-electron chi connectivity index (χ4n) is 9.52. The first-order valence-corrected chi connectivity index (χ1v) is 23.2. The zero-order valence-electron chi connectivity index (χ0n) is 34.5. The molecule has 9 aromatic rings. The Kier molecular flexibility index (Phi) is 9.75. The molecule has 2 aliphatic heterocycles. The number of nitrogens with zero attached hydrogens (tertiary/aromatic N) is 4. The number of benzene rings is 6. The average Bonchev–Trinajstić information content (AvgIpc) is 4.18. The van der Waals surface area contributed by atoms with Gasteiger partial charge >= 0.3 is 0 Å². The van der Waals surface area contributed by atoms with E-state index in [-0.39, 0.29) is 63.9 Å². The number of amides is 2. The first-order valence-electron chi connectivity index (χ1n) is 20.6. The largest absolute Gasteiger partial charge is 0.456 e. The molecule has 2 N–H and O–H groups in total. The van der Waals surface area contributed by atoms with Crippen molar-refractivity contribution in [1.82, 2.24) is 0 Å². The van der Waals surface area contributed by atoms with Gasteiger partial charge in [-0.15, -0.1) is 23.2 Å². The van der Waals surface area contributed by atoms with Crippen LogP contribution in [0.4, 0.5) is 22.7 Å². The number of nitro groups is 2. The maximum Gasteiger partial charge on any atom is 0.294 e. The Morgan fingerprint density at radius 1 is 0.612 bits per heavy atom. The summed E-state index contributed by atoms with van der Waals surface area (Å²) in [5.41, 5.74) is 3.76. The molecule has 0 fully saturated rings. The molecule has 16 nitrogen and oxygen atoms in total. The molecule has 2 atom stereocenters. The number of fused-ring (bicyclic) bond motifs is 8. The molecule has 5 heterocycles. The summed E-state index contributed by atoms with van der Waals surface area (Å²) in [5.74, 6) is -0.334. The van der Waals surface area contributed by atoms with Gasteiger partial charge < -0.3 is 23.1 Å². The number of hydrogen-bond donors (Lipinski definition) is 1. The summed E-state index contributed by atoms with van der Waals surface area (Å²) in [6, 6.07) is 31.1. The Bertz CT molecular complexity index is 3770. The van der Waals surface area contributed by atoms with Gasteiger partial charge in [-0.25, -0.2) is 13.6 Å². The summed E-state index contributed by atoms with van der Waals surface area (Å²) in [4.78, 5) is 54.1. The van der Waals surface area contributed by atoms with Crippen molar-refractivity contribution in [1.29, 1.82) is 0 Å². The number of nitrogens with two attached hydrogens (primary N) is 1. The molecule has 0 bridgehead atoms. The second kappa shape index (κ2) is 15.5. The highest BCUT2D eigenvalue weighted by Gasteiger charge is 2.39. The van der Waals surface area contributed by atoms with Crippen LogP contribution in [-0.4, -0.2) is 54.9 Å². The quantitative estimate of drug-likeness (QED) is 0.0813. The van der Waals surface area contributed by atoms with Gasteiger partial charge in [0.25, 0.3) is 23.2 Å². The number of carbonyl (C=O) groups is 2. The molecular formula is C48H31Cl2N5O11S. The second-order valence-corrected chi connectivity index (χ2v) is 18.6. The molecule has 3 aromatic heterocycles. The van der Waals surface area contributed by atoms with E-state index in [9.17, 15) is 38.2 Å². The Hall–Kier alpha value is -7.57. The normalized spacial score (nSPS) is 15.8. The fraction of sp³-hybridized carbons (Fsp3) is 0.125. The zero-order valence-corrected chi connectivity index (χ0v) is 36.8. The minimum Gasteiger partial charge on any atom is -0.456 e. The van der Waals surface area contributed by atoms with Crippen LogP contribution in [0, 0.1) is 20.2 Å². The molecule has 67 heavy (non-hydrogen) atoms. The van der Waals surface area contributed by atoms with Gasteiger partial charge in [0.1, 0.15) is 22.7 Å². The first-order chi connectivity index (χ1) is 32.2. The van der Waals surface area contributed by atoms with Gasteiger partial charge in [0, 0.05) is 70.7 Å². The van der Waals surface area contributed by atoms with Crippen molar-refractivity contribution in [3.63, 3.8) is 0 Å². The molecule has 11 rings (SSSR count). The van der Waals surface area contributed by atoms with E-state index in [2.05, 4.69) is 0 Å². The second-order valence-electron chi connectivity index (χ2n) is 16.4. The van der Waals surface area contributed by atoms with Crippen LogP contribution in [-0.2, 0) is 10.0 Å². The summed E-state index contributed by atoms with van der Waals surface area (Å²) in [5, 5.41) is 32.5. The standard InChI is InChI=1S/C48H31Cl2N5O11S/c49-20-28-22-52(37-18-35(54(58)59)31-3-1-2-4-32(31)45(28)37)47(56)43-15-26-13-24(5-9-41(26)65-43)39-11-12-40(64-39)25-6-10-42-27(14-25)16-44(66-42)48(57)53-23-29(21-50)46-33-8-7-30(67(51,62)63)17-34(33)36(55(60)61)19-38(46)53/h1-19,28-29H,20-23H2,(H2,51,62,63). The Morgan fingerprint density at radius 2 is 1.09 bits per heavy atom. The maximum absolute atomic E-state index is 14.2. The molecule has 6 aromatic carbocycles. The van der Waals surface area contributed by atoms with Crippen LogP contribution in [0.2, 0.25) is 0 Å². The lowest BCUT2D eigenvalue weighted by atomic mass is 9.95. The number of primary sulfonamides is 1. The number of furan rings is 3. The first kappa shape index (κ1) is 42.1. The third-order valence-electron chi connectivity index (χ3n) is 12.6. The number of rotatable bonds is 9. The molecule has 0 saturated carbocycles. The van der Waals surface area contributed by atoms with Crippen molar-refractivity contribution in [3.8, 4) is 22.6 Å². The van der Waals surface area contributed by atoms with Crippen LogP contribution in [0.5, 0.6) is 0 Å². The topological polar surface area (TPSA) is 226 Å². The number of carbonyl (C=O) groups excluding carboxylic acids is 2. The molecular weight excluding hydrogens is 926 g/mol. The Morgan fingerprint density at radius 3 is 1.57 bits per heavy atom.